The molecule has 0 spiro atoms. The Balaban J connectivity index is 2.24. The van der Waals surface area contributed by atoms with Crippen molar-refractivity contribution in [1.82, 2.24) is 9.80 Å². The van der Waals surface area contributed by atoms with Gasteiger partial charge in [-0.25, -0.2) is 0 Å². The molecule has 1 N–H and O–H groups in total. The number of likely N-dealkylation sites (tertiary alicyclic amines) is 1. The van der Waals surface area contributed by atoms with E-state index >= 15 is 0 Å². The lowest BCUT2D eigenvalue weighted by molar-refractivity contribution is -0.133. The first-order valence-electron chi connectivity index (χ1n) is 6.74. The number of hydrogen-bond acceptors (Lipinski definition) is 3. The van der Waals surface area contributed by atoms with Gasteiger partial charge in [0, 0.05) is 19.7 Å². The van der Waals surface area contributed by atoms with Gasteiger partial charge in [0.05, 0.1) is 6.54 Å². The van der Waals surface area contributed by atoms with Gasteiger partial charge in [-0.3, -0.25) is 9.69 Å². The van der Waals surface area contributed by atoms with E-state index in [1.807, 2.05) is 11.9 Å². The Bertz CT molecular complexity index is 225. The van der Waals surface area contributed by atoms with Crippen LogP contribution in [-0.4, -0.2) is 60.6 Å². The summed E-state index contributed by atoms with van der Waals surface area (Å²) in [4.78, 5) is 16.0. The minimum absolute atomic E-state index is 0.236. The topological polar surface area (TPSA) is 43.8 Å². The van der Waals surface area contributed by atoms with Crippen LogP contribution in [-0.2, 0) is 4.79 Å². The number of nitrogens with zero attached hydrogens (tertiary/aromatic N) is 2. The number of hydrogen-bond donors (Lipinski definition) is 1. The molecule has 100 valence electrons. The van der Waals surface area contributed by atoms with E-state index in [1.54, 1.807) is 0 Å². The molecule has 1 aliphatic rings. The van der Waals surface area contributed by atoms with Crippen LogP contribution >= 0.6 is 0 Å². The summed E-state index contributed by atoms with van der Waals surface area (Å²) in [6, 6.07) is 0. The molecule has 1 saturated heterocycles. The van der Waals surface area contributed by atoms with Gasteiger partial charge in [0.25, 0.3) is 0 Å². The molecule has 0 aromatic rings. The molecule has 1 rings (SSSR count). The van der Waals surface area contributed by atoms with Gasteiger partial charge in [-0.05, 0) is 38.8 Å². The lowest BCUT2D eigenvalue weighted by atomic mass is 9.98. The molecule has 0 aromatic carbocycles. The third kappa shape index (κ3) is 5.04. The van der Waals surface area contributed by atoms with Crippen molar-refractivity contribution in [2.45, 2.75) is 32.6 Å². The summed E-state index contributed by atoms with van der Waals surface area (Å²) in [5, 5.41) is 9.05. The van der Waals surface area contributed by atoms with Gasteiger partial charge < -0.3 is 10.0 Å². The molecule has 0 atom stereocenters. The molecule has 1 heterocycles. The number of carbonyl (C=O) groups is 1. The molecule has 1 aliphatic heterocycles. The van der Waals surface area contributed by atoms with Gasteiger partial charge >= 0.3 is 0 Å². The minimum atomic E-state index is 0.236. The van der Waals surface area contributed by atoms with Crippen molar-refractivity contribution in [3.8, 4) is 0 Å². The van der Waals surface area contributed by atoms with E-state index in [2.05, 4.69) is 11.8 Å². The molecule has 0 bridgehead atoms. The summed E-state index contributed by atoms with van der Waals surface area (Å²) < 4.78 is 0. The first-order valence-corrected chi connectivity index (χ1v) is 6.74. The number of aliphatic hydroxyl groups is 1. The Kier molecular flexibility index (Phi) is 6.52. The van der Waals surface area contributed by atoms with Crippen molar-refractivity contribution in [2.24, 2.45) is 5.92 Å². The number of amides is 1. The number of aliphatic hydroxyl groups excluding tert-OH is 1. The zero-order valence-corrected chi connectivity index (χ0v) is 11.2. The fourth-order valence-corrected chi connectivity index (χ4v) is 2.20. The summed E-state index contributed by atoms with van der Waals surface area (Å²) in [5.74, 6) is 0.636. The highest BCUT2D eigenvalue weighted by molar-refractivity contribution is 5.78. The fraction of sp³-hybridized carbons (Fsp3) is 0.923. The van der Waals surface area contributed by atoms with E-state index in [-0.39, 0.29) is 12.5 Å². The van der Waals surface area contributed by atoms with E-state index in [4.69, 9.17) is 5.11 Å². The van der Waals surface area contributed by atoms with Gasteiger partial charge in [0.15, 0.2) is 0 Å². The van der Waals surface area contributed by atoms with Crippen LogP contribution in [0, 0.1) is 5.92 Å². The van der Waals surface area contributed by atoms with E-state index in [0.717, 1.165) is 38.9 Å². The van der Waals surface area contributed by atoms with Crippen LogP contribution in [0.3, 0.4) is 0 Å². The van der Waals surface area contributed by atoms with Crippen molar-refractivity contribution < 1.29 is 9.90 Å². The summed E-state index contributed by atoms with van der Waals surface area (Å²) in [6.45, 7) is 5.57. The Morgan fingerprint density at radius 1 is 1.41 bits per heavy atom. The summed E-state index contributed by atoms with van der Waals surface area (Å²) in [7, 11) is 2.01. The van der Waals surface area contributed by atoms with E-state index in [9.17, 15) is 4.79 Å². The maximum atomic E-state index is 12.0. The predicted octanol–water partition coefficient (Wildman–Crippen LogP) is 0.949. The average Bonchev–Trinajstić information content (AvgIpc) is 2.36. The van der Waals surface area contributed by atoms with Crippen LogP contribution < -0.4 is 0 Å². The lowest BCUT2D eigenvalue weighted by Crippen LogP contribution is -2.43. The zero-order valence-electron chi connectivity index (χ0n) is 11.2. The van der Waals surface area contributed by atoms with E-state index in [1.165, 1.54) is 6.42 Å². The number of likely N-dealkylation sites (N-methyl/N-ethyl adjacent to an activating group) is 1. The summed E-state index contributed by atoms with van der Waals surface area (Å²) in [5.41, 5.74) is 0. The Morgan fingerprint density at radius 3 is 2.59 bits per heavy atom. The monoisotopic (exact) mass is 242 g/mol. The number of carbonyl (C=O) groups excluding carboxylic acids is 1. The zero-order chi connectivity index (χ0) is 12.7. The van der Waals surface area contributed by atoms with Crippen molar-refractivity contribution in [1.29, 1.82) is 0 Å². The van der Waals surface area contributed by atoms with Gasteiger partial charge in [-0.2, -0.15) is 0 Å². The molecular weight excluding hydrogens is 216 g/mol. The SMILES string of the molecule is CCCCN(C)CC(=O)N1CCC(CO)CC1. The molecule has 4 heteroatoms. The summed E-state index contributed by atoms with van der Waals surface area (Å²) in [6.07, 6.45) is 4.21. The lowest BCUT2D eigenvalue weighted by Gasteiger charge is -2.32. The largest absolute Gasteiger partial charge is 0.396 e. The summed E-state index contributed by atoms with van der Waals surface area (Å²) >= 11 is 0. The van der Waals surface area contributed by atoms with Crippen molar-refractivity contribution in [2.75, 3.05) is 39.8 Å². The fourth-order valence-electron chi connectivity index (χ4n) is 2.20. The molecule has 4 nitrogen and oxygen atoms in total. The second-order valence-electron chi connectivity index (χ2n) is 5.10. The number of piperidine rings is 1. The quantitative estimate of drug-likeness (QED) is 0.754. The molecule has 1 fully saturated rings. The third-order valence-electron chi connectivity index (χ3n) is 3.52. The first kappa shape index (κ1) is 14.5. The smallest absolute Gasteiger partial charge is 0.236 e. The van der Waals surface area contributed by atoms with Crippen LogP contribution in [0.2, 0.25) is 0 Å². The van der Waals surface area contributed by atoms with Crippen LogP contribution in [0.25, 0.3) is 0 Å². The maximum Gasteiger partial charge on any atom is 0.236 e. The highest BCUT2D eigenvalue weighted by atomic mass is 16.3. The molecule has 0 radical (unpaired) electrons. The van der Waals surface area contributed by atoms with Crippen LogP contribution in [0.1, 0.15) is 32.6 Å². The molecular formula is C13H26N2O2. The molecule has 1 amide bonds. The highest BCUT2D eigenvalue weighted by Gasteiger charge is 2.22. The molecule has 0 aliphatic carbocycles. The second-order valence-corrected chi connectivity index (χ2v) is 5.10. The maximum absolute atomic E-state index is 12.0. The Labute approximate surface area is 105 Å². The molecule has 0 saturated carbocycles. The first-order chi connectivity index (χ1) is 8.17. The normalized spacial score (nSPS) is 17.8. The molecule has 0 unspecified atom stereocenters. The van der Waals surface area contributed by atoms with Crippen LogP contribution in [0.5, 0.6) is 0 Å². The minimum Gasteiger partial charge on any atom is -0.396 e. The van der Waals surface area contributed by atoms with Crippen molar-refractivity contribution >= 4 is 5.91 Å². The molecule has 17 heavy (non-hydrogen) atoms. The van der Waals surface area contributed by atoms with Gasteiger partial charge in [0.1, 0.15) is 0 Å². The van der Waals surface area contributed by atoms with Crippen molar-refractivity contribution in [3.05, 3.63) is 0 Å². The van der Waals surface area contributed by atoms with Gasteiger partial charge in [0.2, 0.25) is 5.91 Å². The predicted molar refractivity (Wildman–Crippen MR) is 68.8 cm³/mol. The van der Waals surface area contributed by atoms with E-state index < -0.39 is 0 Å². The molecule has 0 aromatic heterocycles. The highest BCUT2D eigenvalue weighted by Crippen LogP contribution is 2.16. The number of unbranched alkanes of at least 4 members (excludes halogenated alkanes) is 1. The standard InChI is InChI=1S/C13H26N2O2/c1-3-4-7-14(2)10-13(17)15-8-5-12(11-16)6-9-15/h12,16H,3-11H2,1-2H3. The van der Waals surface area contributed by atoms with Gasteiger partial charge in [-0.1, -0.05) is 13.3 Å². The van der Waals surface area contributed by atoms with Crippen LogP contribution in [0.15, 0.2) is 0 Å². The Hall–Kier alpha value is -0.610. The van der Waals surface area contributed by atoms with Crippen molar-refractivity contribution in [3.63, 3.8) is 0 Å². The van der Waals surface area contributed by atoms with Gasteiger partial charge in [-0.15, -0.1) is 0 Å². The Morgan fingerprint density at radius 2 is 2.06 bits per heavy atom. The van der Waals surface area contributed by atoms with E-state index in [0.29, 0.717) is 12.5 Å². The third-order valence-corrected chi connectivity index (χ3v) is 3.52. The van der Waals surface area contributed by atoms with Crippen LogP contribution in [0.4, 0.5) is 0 Å². The second kappa shape index (κ2) is 7.67. The average molecular weight is 242 g/mol. The number of rotatable bonds is 6.